The summed E-state index contributed by atoms with van der Waals surface area (Å²) in [6, 6.07) is 10.2. The normalized spacial score (nSPS) is 13.6. The molecule has 1 aliphatic rings. The summed E-state index contributed by atoms with van der Waals surface area (Å²) in [7, 11) is 0. The molecule has 0 aliphatic heterocycles. The van der Waals surface area contributed by atoms with Crippen molar-refractivity contribution in [3.05, 3.63) is 59.0 Å². The number of thiophene rings is 1. The van der Waals surface area contributed by atoms with Crippen molar-refractivity contribution in [1.82, 2.24) is 19.7 Å². The fraction of sp³-hybridized carbons (Fsp3) is 0.292. The maximum Gasteiger partial charge on any atom is 0.251 e. The molecule has 1 saturated carbocycles. The maximum absolute atomic E-state index is 12.3. The van der Waals surface area contributed by atoms with Crippen LogP contribution in [0.15, 0.2) is 53.5 Å². The number of hydrogen-bond donors (Lipinski definition) is 2. The molecule has 0 spiro atoms. The lowest BCUT2D eigenvalue weighted by atomic mass is 10.1. The monoisotopic (exact) mass is 431 g/mol. The number of hydrogen-bond acceptors (Lipinski definition) is 5. The number of nitrogens with one attached hydrogen (secondary N) is 2. The van der Waals surface area contributed by atoms with E-state index in [1.54, 1.807) is 11.3 Å². The van der Waals surface area contributed by atoms with Crippen molar-refractivity contribution >= 4 is 28.7 Å². The van der Waals surface area contributed by atoms with Gasteiger partial charge in [0, 0.05) is 40.9 Å². The Balaban J connectivity index is 1.53. The predicted octanol–water partition coefficient (Wildman–Crippen LogP) is 5.08. The third-order valence-electron chi connectivity index (χ3n) is 5.34. The number of aromatic nitrogens is 3. The van der Waals surface area contributed by atoms with Gasteiger partial charge in [-0.15, -0.1) is 0 Å². The van der Waals surface area contributed by atoms with Gasteiger partial charge in [0.2, 0.25) is 0 Å². The molecule has 0 bridgehead atoms. The molecule has 0 atom stereocenters. The number of carbonyl (C=O) groups excluding carboxylic acids is 1. The minimum atomic E-state index is -0.00342. The summed E-state index contributed by atoms with van der Waals surface area (Å²) in [4.78, 5) is 21.8. The zero-order valence-electron chi connectivity index (χ0n) is 17.6. The number of nitrogens with zero attached hydrogens (tertiary/aromatic N) is 3. The van der Waals surface area contributed by atoms with E-state index in [4.69, 9.17) is 4.98 Å². The largest absolute Gasteiger partial charge is 0.367 e. The Kier molecular flexibility index (Phi) is 5.19. The van der Waals surface area contributed by atoms with E-state index >= 15 is 0 Å². The molecule has 158 valence electrons. The summed E-state index contributed by atoms with van der Waals surface area (Å²) in [5.41, 5.74) is 5.45. The van der Waals surface area contributed by atoms with Gasteiger partial charge in [0.05, 0.1) is 17.6 Å². The first-order valence-corrected chi connectivity index (χ1v) is 11.6. The van der Waals surface area contributed by atoms with Gasteiger partial charge in [-0.1, -0.05) is 26.0 Å². The molecule has 6 nitrogen and oxygen atoms in total. The van der Waals surface area contributed by atoms with E-state index in [0.717, 1.165) is 53.4 Å². The van der Waals surface area contributed by atoms with Crippen LogP contribution in [0, 0.1) is 5.92 Å². The quantitative estimate of drug-likeness (QED) is 0.428. The van der Waals surface area contributed by atoms with Gasteiger partial charge >= 0.3 is 0 Å². The van der Waals surface area contributed by atoms with E-state index in [9.17, 15) is 4.79 Å². The lowest BCUT2D eigenvalue weighted by Crippen LogP contribution is -2.25. The summed E-state index contributed by atoms with van der Waals surface area (Å²) in [6.45, 7) is 5.17. The third kappa shape index (κ3) is 4.18. The second-order valence-corrected chi connectivity index (χ2v) is 9.20. The van der Waals surface area contributed by atoms with E-state index in [2.05, 4.69) is 50.7 Å². The molecule has 1 fully saturated rings. The second-order valence-electron chi connectivity index (χ2n) is 8.42. The van der Waals surface area contributed by atoms with Crippen molar-refractivity contribution in [1.29, 1.82) is 0 Å². The Morgan fingerprint density at radius 1 is 1.19 bits per heavy atom. The zero-order chi connectivity index (χ0) is 21.4. The number of rotatable bonds is 7. The van der Waals surface area contributed by atoms with Crippen molar-refractivity contribution in [2.24, 2.45) is 5.92 Å². The molecule has 7 heteroatoms. The van der Waals surface area contributed by atoms with Crippen LogP contribution in [-0.2, 0) is 0 Å². The molecule has 31 heavy (non-hydrogen) atoms. The van der Waals surface area contributed by atoms with Gasteiger partial charge in [0.1, 0.15) is 0 Å². The molecular weight excluding hydrogens is 406 g/mol. The summed E-state index contributed by atoms with van der Waals surface area (Å²) < 4.78 is 2.09. The topological polar surface area (TPSA) is 71.3 Å². The van der Waals surface area contributed by atoms with Crippen LogP contribution in [0.25, 0.3) is 28.2 Å². The Morgan fingerprint density at radius 3 is 2.68 bits per heavy atom. The molecule has 2 N–H and O–H groups in total. The second kappa shape index (κ2) is 8.15. The van der Waals surface area contributed by atoms with Crippen LogP contribution in [0.5, 0.6) is 0 Å². The Bertz CT molecular complexity index is 1210. The lowest BCUT2D eigenvalue weighted by molar-refractivity contribution is 0.0951. The van der Waals surface area contributed by atoms with Crippen molar-refractivity contribution in [2.75, 3.05) is 11.9 Å². The number of imidazole rings is 1. The molecule has 1 aromatic carbocycles. The van der Waals surface area contributed by atoms with E-state index in [1.807, 2.05) is 36.7 Å². The lowest BCUT2D eigenvalue weighted by Gasteiger charge is -2.12. The Hall–Kier alpha value is -3.19. The molecule has 0 unspecified atom stereocenters. The molecule has 3 aromatic heterocycles. The smallest absolute Gasteiger partial charge is 0.251 e. The number of carbonyl (C=O) groups is 1. The van der Waals surface area contributed by atoms with Gasteiger partial charge in [-0.25, -0.2) is 9.97 Å². The average molecular weight is 432 g/mol. The first-order valence-electron chi connectivity index (χ1n) is 10.6. The van der Waals surface area contributed by atoms with E-state index in [1.165, 1.54) is 0 Å². The molecule has 0 saturated heterocycles. The summed E-state index contributed by atoms with van der Waals surface area (Å²) in [5, 5.41) is 10.7. The highest BCUT2D eigenvalue weighted by Gasteiger charge is 2.23. The van der Waals surface area contributed by atoms with Gasteiger partial charge in [0.15, 0.2) is 11.5 Å². The van der Waals surface area contributed by atoms with E-state index in [-0.39, 0.29) is 5.91 Å². The standard InChI is InChI=1S/C24H25N5OS/c1-15(2)11-25-22-23-26-12-21(29(23)13-20(28-22)18-9-10-31-14-18)16-3-5-17(6-4-16)24(30)27-19-7-8-19/h3-6,9-10,12-15,19H,7-8,11H2,1-2H3,(H,25,28)(H,27,30). The van der Waals surface area contributed by atoms with Gasteiger partial charge in [-0.3, -0.25) is 9.20 Å². The van der Waals surface area contributed by atoms with E-state index < -0.39 is 0 Å². The molecular formula is C24H25N5OS. The minimum absolute atomic E-state index is 0.00342. The van der Waals surface area contributed by atoms with Crippen molar-refractivity contribution in [3.8, 4) is 22.5 Å². The SMILES string of the molecule is CC(C)CNc1nc(-c2ccsc2)cn2c(-c3ccc(C(=O)NC4CC4)cc3)cnc12. The van der Waals surface area contributed by atoms with Crippen LogP contribution < -0.4 is 10.6 Å². The van der Waals surface area contributed by atoms with Crippen LogP contribution in [-0.4, -0.2) is 32.9 Å². The number of benzene rings is 1. The van der Waals surface area contributed by atoms with Crippen molar-refractivity contribution in [3.63, 3.8) is 0 Å². The van der Waals surface area contributed by atoms with Gasteiger partial charge < -0.3 is 10.6 Å². The van der Waals surface area contributed by atoms with Crippen LogP contribution in [0.4, 0.5) is 5.82 Å². The van der Waals surface area contributed by atoms with Crippen molar-refractivity contribution < 1.29 is 4.79 Å². The van der Waals surface area contributed by atoms with Crippen LogP contribution in [0.2, 0.25) is 0 Å². The number of fused-ring (bicyclic) bond motifs is 1. The van der Waals surface area contributed by atoms with Gasteiger partial charge in [-0.2, -0.15) is 11.3 Å². The molecule has 3 heterocycles. The third-order valence-corrected chi connectivity index (χ3v) is 6.03. The van der Waals surface area contributed by atoms with Crippen LogP contribution >= 0.6 is 11.3 Å². The minimum Gasteiger partial charge on any atom is -0.367 e. The zero-order valence-corrected chi connectivity index (χ0v) is 18.4. The first kappa shape index (κ1) is 19.8. The highest BCUT2D eigenvalue weighted by Crippen LogP contribution is 2.29. The summed E-state index contributed by atoms with van der Waals surface area (Å²) in [6.07, 6.45) is 6.07. The van der Waals surface area contributed by atoms with Gasteiger partial charge in [-0.05, 0) is 42.3 Å². The Labute approximate surface area is 185 Å². The van der Waals surface area contributed by atoms with Crippen molar-refractivity contribution in [2.45, 2.75) is 32.7 Å². The van der Waals surface area contributed by atoms with Crippen LogP contribution in [0.1, 0.15) is 37.0 Å². The Morgan fingerprint density at radius 2 is 2.00 bits per heavy atom. The predicted molar refractivity (Wildman–Crippen MR) is 126 cm³/mol. The average Bonchev–Trinajstić information content (AvgIpc) is 3.25. The number of anilines is 1. The first-order chi connectivity index (χ1) is 15.1. The molecule has 1 aliphatic carbocycles. The molecule has 1 amide bonds. The fourth-order valence-electron chi connectivity index (χ4n) is 3.46. The van der Waals surface area contributed by atoms with Gasteiger partial charge in [0.25, 0.3) is 5.91 Å². The summed E-state index contributed by atoms with van der Waals surface area (Å²) in [5.74, 6) is 1.27. The number of amides is 1. The van der Waals surface area contributed by atoms with Crippen LogP contribution in [0.3, 0.4) is 0 Å². The maximum atomic E-state index is 12.3. The molecule has 0 radical (unpaired) electrons. The highest BCUT2D eigenvalue weighted by molar-refractivity contribution is 7.08. The molecule has 4 aromatic rings. The fourth-order valence-corrected chi connectivity index (χ4v) is 4.11. The molecule has 5 rings (SSSR count). The highest BCUT2D eigenvalue weighted by atomic mass is 32.1. The van der Waals surface area contributed by atoms with E-state index in [0.29, 0.717) is 17.5 Å². The summed E-state index contributed by atoms with van der Waals surface area (Å²) >= 11 is 1.66.